The molecule has 148 valence electrons. The zero-order valence-electron chi connectivity index (χ0n) is 16.6. The van der Waals surface area contributed by atoms with Crippen LogP contribution in [0.4, 0.5) is 0 Å². The molecule has 0 spiro atoms. The Labute approximate surface area is 164 Å². The summed E-state index contributed by atoms with van der Waals surface area (Å²) in [4.78, 5) is 25.2. The van der Waals surface area contributed by atoms with Crippen molar-refractivity contribution in [1.82, 2.24) is 10.3 Å². The number of nitrogens with zero attached hydrogens (tertiary/aromatic N) is 2. The summed E-state index contributed by atoms with van der Waals surface area (Å²) in [5, 5.41) is 4.14. The summed E-state index contributed by atoms with van der Waals surface area (Å²) in [5.41, 5.74) is 4.52. The molecule has 0 unspecified atom stereocenters. The molecule has 7 nitrogen and oxygen atoms in total. The Morgan fingerprint density at radius 1 is 0.929 bits per heavy atom. The fourth-order valence-electron chi connectivity index (χ4n) is 2.20. The van der Waals surface area contributed by atoms with E-state index in [1.807, 2.05) is 19.1 Å². The van der Waals surface area contributed by atoms with Crippen molar-refractivity contribution in [3.8, 4) is 11.5 Å². The lowest BCUT2D eigenvalue weighted by molar-refractivity contribution is -0.130. The molecule has 2 amide bonds. The molecule has 0 aliphatic carbocycles. The molecule has 0 heterocycles. The number of rotatable bonds is 8. The van der Waals surface area contributed by atoms with Gasteiger partial charge in [0.25, 0.3) is 11.8 Å². The van der Waals surface area contributed by atoms with Crippen molar-refractivity contribution in [1.29, 1.82) is 0 Å². The maximum absolute atomic E-state index is 12.2. The molecule has 0 fully saturated rings. The monoisotopic (exact) mass is 383 g/mol. The maximum atomic E-state index is 12.2. The summed E-state index contributed by atoms with van der Waals surface area (Å²) in [6.45, 7) is 4.26. The topological polar surface area (TPSA) is 80.2 Å². The lowest BCUT2D eigenvalue weighted by Gasteiger charge is -2.11. The van der Waals surface area contributed by atoms with E-state index in [0.717, 1.165) is 5.56 Å². The van der Waals surface area contributed by atoms with Gasteiger partial charge in [-0.15, -0.1) is 0 Å². The number of carbonyl (C=O) groups is 2. The number of amides is 2. The molecule has 28 heavy (non-hydrogen) atoms. The minimum absolute atomic E-state index is 0.0163. The fourth-order valence-corrected chi connectivity index (χ4v) is 2.20. The van der Waals surface area contributed by atoms with E-state index in [9.17, 15) is 9.59 Å². The van der Waals surface area contributed by atoms with Crippen molar-refractivity contribution in [2.45, 2.75) is 13.8 Å². The van der Waals surface area contributed by atoms with Gasteiger partial charge in [0.05, 0.1) is 12.3 Å². The maximum Gasteiger partial charge on any atom is 0.271 e. The highest BCUT2D eigenvalue weighted by atomic mass is 16.5. The normalized spacial score (nSPS) is 10.9. The molecule has 0 aromatic heterocycles. The number of benzene rings is 2. The molecule has 0 aliphatic rings. The molecule has 1 N–H and O–H groups in total. The van der Waals surface area contributed by atoms with Crippen LogP contribution in [0.3, 0.4) is 0 Å². The van der Waals surface area contributed by atoms with E-state index in [1.165, 1.54) is 4.90 Å². The molecule has 0 bridgehead atoms. The molecular weight excluding hydrogens is 358 g/mol. The quantitative estimate of drug-likeness (QED) is 0.561. The van der Waals surface area contributed by atoms with Gasteiger partial charge in [0.15, 0.2) is 6.61 Å². The molecule has 0 aliphatic heterocycles. The van der Waals surface area contributed by atoms with E-state index in [1.54, 1.807) is 57.4 Å². The first-order valence-electron chi connectivity index (χ1n) is 8.91. The van der Waals surface area contributed by atoms with Crippen LogP contribution in [0, 0.1) is 0 Å². The third kappa shape index (κ3) is 6.12. The Morgan fingerprint density at radius 2 is 1.46 bits per heavy atom. The first kappa shape index (κ1) is 21.0. The van der Waals surface area contributed by atoms with Gasteiger partial charge in [-0.3, -0.25) is 9.59 Å². The summed E-state index contributed by atoms with van der Waals surface area (Å²) >= 11 is 0. The molecule has 0 saturated heterocycles. The van der Waals surface area contributed by atoms with Gasteiger partial charge in [0, 0.05) is 19.7 Å². The van der Waals surface area contributed by atoms with E-state index in [2.05, 4.69) is 10.5 Å². The predicted octanol–water partition coefficient (Wildman–Crippen LogP) is 2.71. The van der Waals surface area contributed by atoms with Crippen LogP contribution in [0.1, 0.15) is 29.8 Å². The van der Waals surface area contributed by atoms with Crippen LogP contribution >= 0.6 is 0 Å². The standard InChI is InChI=1S/C21H25N3O4/c1-5-27-18-12-8-17(9-13-18)21(26)23-22-15(2)16-6-10-19(11-7-16)28-14-20(25)24(3)4/h6-13H,5,14H2,1-4H3,(H,23,26)/b22-15-. The second kappa shape index (κ2) is 10.1. The van der Waals surface area contributed by atoms with Crippen LogP contribution in [0.5, 0.6) is 11.5 Å². The number of hydrogen-bond donors (Lipinski definition) is 1. The van der Waals surface area contributed by atoms with Crippen LogP contribution in [-0.2, 0) is 4.79 Å². The highest BCUT2D eigenvalue weighted by Crippen LogP contribution is 2.14. The van der Waals surface area contributed by atoms with Gasteiger partial charge in [0.1, 0.15) is 11.5 Å². The van der Waals surface area contributed by atoms with Gasteiger partial charge in [-0.25, -0.2) is 5.43 Å². The molecule has 2 aromatic carbocycles. The Bertz CT molecular complexity index is 828. The van der Waals surface area contributed by atoms with Crippen LogP contribution < -0.4 is 14.9 Å². The lowest BCUT2D eigenvalue weighted by Crippen LogP contribution is -2.27. The third-order valence-corrected chi connectivity index (χ3v) is 3.89. The van der Waals surface area contributed by atoms with Crippen LogP contribution in [0.15, 0.2) is 53.6 Å². The zero-order chi connectivity index (χ0) is 20.5. The molecule has 0 saturated carbocycles. The minimum atomic E-state index is -0.301. The Hall–Kier alpha value is -3.35. The van der Waals surface area contributed by atoms with E-state index in [-0.39, 0.29) is 18.4 Å². The average Bonchev–Trinajstić information content (AvgIpc) is 2.71. The van der Waals surface area contributed by atoms with Gasteiger partial charge in [-0.2, -0.15) is 5.10 Å². The molecule has 2 aromatic rings. The van der Waals surface area contributed by atoms with Crippen LogP contribution in [0.25, 0.3) is 0 Å². The summed E-state index contributed by atoms with van der Waals surface area (Å²) in [6, 6.07) is 14.0. The number of ether oxygens (including phenoxy) is 2. The van der Waals surface area contributed by atoms with E-state index < -0.39 is 0 Å². The van der Waals surface area contributed by atoms with Gasteiger partial charge >= 0.3 is 0 Å². The average molecular weight is 383 g/mol. The number of hydrogen-bond acceptors (Lipinski definition) is 5. The Balaban J connectivity index is 1.93. The van der Waals surface area contributed by atoms with Crippen molar-refractivity contribution in [3.63, 3.8) is 0 Å². The second-order valence-electron chi connectivity index (χ2n) is 6.20. The summed E-state index contributed by atoms with van der Waals surface area (Å²) in [7, 11) is 3.35. The summed E-state index contributed by atoms with van der Waals surface area (Å²) in [5.74, 6) is 0.891. The van der Waals surface area contributed by atoms with Crippen LogP contribution in [-0.4, -0.2) is 49.7 Å². The second-order valence-corrected chi connectivity index (χ2v) is 6.20. The van der Waals surface area contributed by atoms with E-state index in [4.69, 9.17) is 9.47 Å². The zero-order valence-corrected chi connectivity index (χ0v) is 16.6. The third-order valence-electron chi connectivity index (χ3n) is 3.89. The van der Waals surface area contributed by atoms with Crippen molar-refractivity contribution < 1.29 is 19.1 Å². The van der Waals surface area contributed by atoms with Gasteiger partial charge < -0.3 is 14.4 Å². The van der Waals surface area contributed by atoms with Crippen LogP contribution in [0.2, 0.25) is 0 Å². The van der Waals surface area contributed by atoms with Gasteiger partial charge in [0.2, 0.25) is 0 Å². The molecule has 0 atom stereocenters. The predicted molar refractivity (Wildman–Crippen MR) is 108 cm³/mol. The number of hydrazone groups is 1. The molecule has 0 radical (unpaired) electrons. The smallest absolute Gasteiger partial charge is 0.271 e. The highest BCUT2D eigenvalue weighted by Gasteiger charge is 2.07. The van der Waals surface area contributed by atoms with Gasteiger partial charge in [-0.1, -0.05) is 0 Å². The van der Waals surface area contributed by atoms with Crippen molar-refractivity contribution >= 4 is 17.5 Å². The first-order chi connectivity index (χ1) is 13.4. The molecule has 2 rings (SSSR count). The number of carbonyl (C=O) groups excluding carboxylic acids is 2. The SMILES string of the molecule is CCOc1ccc(C(=O)N/N=C(/C)c2ccc(OCC(=O)N(C)C)cc2)cc1. The number of likely N-dealkylation sites (N-methyl/N-ethyl adjacent to an activating group) is 1. The van der Waals surface area contributed by atoms with E-state index in [0.29, 0.717) is 29.4 Å². The van der Waals surface area contributed by atoms with Crippen molar-refractivity contribution in [2.75, 3.05) is 27.3 Å². The Kier molecular flexibility index (Phi) is 7.56. The lowest BCUT2D eigenvalue weighted by atomic mass is 10.1. The van der Waals surface area contributed by atoms with Crippen molar-refractivity contribution in [2.24, 2.45) is 5.10 Å². The van der Waals surface area contributed by atoms with Crippen molar-refractivity contribution in [3.05, 3.63) is 59.7 Å². The number of nitrogens with one attached hydrogen (secondary N) is 1. The molecule has 7 heteroatoms. The largest absolute Gasteiger partial charge is 0.494 e. The highest BCUT2D eigenvalue weighted by molar-refractivity contribution is 6.00. The van der Waals surface area contributed by atoms with E-state index >= 15 is 0 Å². The Morgan fingerprint density at radius 3 is 2.00 bits per heavy atom. The minimum Gasteiger partial charge on any atom is -0.494 e. The summed E-state index contributed by atoms with van der Waals surface area (Å²) in [6.07, 6.45) is 0. The fraction of sp³-hybridized carbons (Fsp3) is 0.286. The van der Waals surface area contributed by atoms with Gasteiger partial charge in [-0.05, 0) is 67.9 Å². The summed E-state index contributed by atoms with van der Waals surface area (Å²) < 4.78 is 10.8. The molecular formula is C21H25N3O4. The first-order valence-corrected chi connectivity index (χ1v) is 8.91.